The lowest BCUT2D eigenvalue weighted by Crippen LogP contribution is -2.32. The molecule has 0 aromatic heterocycles. The average molecular weight is 197 g/mol. The SMILES string of the molecule is NCC1C=C(C(=O)N2CCCC2)NO1. The van der Waals surface area contributed by atoms with Gasteiger partial charge in [0.15, 0.2) is 0 Å². The molecule has 1 saturated heterocycles. The number of hydrogen-bond acceptors (Lipinski definition) is 4. The van der Waals surface area contributed by atoms with Gasteiger partial charge < -0.3 is 10.6 Å². The van der Waals surface area contributed by atoms with Crippen LogP contribution in [0.4, 0.5) is 0 Å². The first-order valence-corrected chi connectivity index (χ1v) is 4.94. The molecule has 0 aromatic rings. The smallest absolute Gasteiger partial charge is 0.271 e. The predicted molar refractivity (Wildman–Crippen MR) is 51.0 cm³/mol. The van der Waals surface area contributed by atoms with E-state index in [-0.39, 0.29) is 12.0 Å². The molecule has 0 radical (unpaired) electrons. The molecule has 0 saturated carbocycles. The van der Waals surface area contributed by atoms with Crippen LogP contribution in [0.5, 0.6) is 0 Å². The van der Waals surface area contributed by atoms with Crippen molar-refractivity contribution in [3.63, 3.8) is 0 Å². The van der Waals surface area contributed by atoms with Gasteiger partial charge in [-0.15, -0.1) is 0 Å². The maximum atomic E-state index is 11.8. The summed E-state index contributed by atoms with van der Waals surface area (Å²) in [5.74, 6) is 0.0263. The Morgan fingerprint density at radius 2 is 2.36 bits per heavy atom. The van der Waals surface area contributed by atoms with E-state index < -0.39 is 0 Å². The fourth-order valence-corrected chi connectivity index (χ4v) is 1.71. The van der Waals surface area contributed by atoms with Crippen molar-refractivity contribution in [2.24, 2.45) is 5.73 Å². The van der Waals surface area contributed by atoms with Crippen molar-refractivity contribution in [3.8, 4) is 0 Å². The third-order valence-corrected chi connectivity index (χ3v) is 2.53. The first kappa shape index (κ1) is 9.48. The lowest BCUT2D eigenvalue weighted by atomic mass is 10.3. The van der Waals surface area contributed by atoms with Crippen LogP contribution in [0, 0.1) is 0 Å². The van der Waals surface area contributed by atoms with Gasteiger partial charge in [-0.1, -0.05) is 0 Å². The van der Waals surface area contributed by atoms with E-state index in [0.29, 0.717) is 12.2 Å². The Morgan fingerprint density at radius 3 is 2.93 bits per heavy atom. The third kappa shape index (κ3) is 1.73. The quantitative estimate of drug-likeness (QED) is 0.617. The second kappa shape index (κ2) is 3.98. The Balaban J connectivity index is 1.97. The molecule has 2 aliphatic heterocycles. The van der Waals surface area contributed by atoms with Crippen LogP contribution in [-0.2, 0) is 9.63 Å². The zero-order valence-electron chi connectivity index (χ0n) is 8.03. The highest BCUT2D eigenvalue weighted by Crippen LogP contribution is 2.14. The summed E-state index contributed by atoms with van der Waals surface area (Å²) in [5.41, 5.74) is 8.57. The minimum absolute atomic E-state index is 0.0263. The monoisotopic (exact) mass is 197 g/mol. The second-order valence-corrected chi connectivity index (χ2v) is 3.57. The van der Waals surface area contributed by atoms with E-state index in [2.05, 4.69) is 5.48 Å². The minimum Gasteiger partial charge on any atom is -0.337 e. The fraction of sp³-hybridized carbons (Fsp3) is 0.667. The van der Waals surface area contributed by atoms with Crippen molar-refractivity contribution in [2.45, 2.75) is 18.9 Å². The molecule has 0 spiro atoms. The molecule has 2 heterocycles. The average Bonchev–Trinajstić information content (AvgIpc) is 2.88. The number of nitrogens with two attached hydrogens (primary N) is 1. The molecular formula is C9H15N3O2. The van der Waals surface area contributed by atoms with Crippen LogP contribution in [0.3, 0.4) is 0 Å². The van der Waals surface area contributed by atoms with Crippen molar-refractivity contribution in [2.75, 3.05) is 19.6 Å². The summed E-state index contributed by atoms with van der Waals surface area (Å²) >= 11 is 0. The van der Waals surface area contributed by atoms with Crippen LogP contribution in [0.1, 0.15) is 12.8 Å². The number of carbonyl (C=O) groups is 1. The van der Waals surface area contributed by atoms with Crippen molar-refractivity contribution in [3.05, 3.63) is 11.8 Å². The van der Waals surface area contributed by atoms with Crippen LogP contribution in [0.15, 0.2) is 11.8 Å². The van der Waals surface area contributed by atoms with Crippen molar-refractivity contribution in [1.82, 2.24) is 10.4 Å². The number of nitrogens with one attached hydrogen (secondary N) is 1. The first-order valence-electron chi connectivity index (χ1n) is 4.94. The first-order chi connectivity index (χ1) is 6.81. The van der Waals surface area contributed by atoms with E-state index in [0.717, 1.165) is 25.9 Å². The van der Waals surface area contributed by atoms with Gasteiger partial charge in [0, 0.05) is 19.6 Å². The van der Waals surface area contributed by atoms with E-state index in [1.54, 1.807) is 6.08 Å². The van der Waals surface area contributed by atoms with Gasteiger partial charge in [0.2, 0.25) is 0 Å². The lowest BCUT2D eigenvalue weighted by molar-refractivity contribution is -0.127. The number of rotatable bonds is 2. The van der Waals surface area contributed by atoms with E-state index in [4.69, 9.17) is 10.6 Å². The molecule has 1 unspecified atom stereocenters. The van der Waals surface area contributed by atoms with Crippen molar-refractivity contribution >= 4 is 5.91 Å². The molecule has 3 N–H and O–H groups in total. The Kier molecular flexibility index (Phi) is 2.69. The number of hydroxylamine groups is 1. The van der Waals surface area contributed by atoms with E-state index in [1.807, 2.05) is 4.90 Å². The van der Waals surface area contributed by atoms with Gasteiger partial charge in [-0.05, 0) is 18.9 Å². The van der Waals surface area contributed by atoms with Gasteiger partial charge in [-0.2, -0.15) is 0 Å². The third-order valence-electron chi connectivity index (χ3n) is 2.53. The van der Waals surface area contributed by atoms with E-state index in [1.165, 1.54) is 0 Å². The summed E-state index contributed by atoms with van der Waals surface area (Å²) in [5, 5.41) is 0. The minimum atomic E-state index is -0.170. The maximum Gasteiger partial charge on any atom is 0.271 e. The Morgan fingerprint density at radius 1 is 1.64 bits per heavy atom. The molecule has 78 valence electrons. The molecule has 0 bridgehead atoms. The molecule has 1 atom stereocenters. The van der Waals surface area contributed by atoms with Gasteiger partial charge >= 0.3 is 0 Å². The molecular weight excluding hydrogens is 182 g/mol. The standard InChI is InChI=1S/C9H15N3O2/c10-6-7-5-8(11-14-7)9(13)12-3-1-2-4-12/h5,7,11H,1-4,6,10H2. The summed E-state index contributed by atoms with van der Waals surface area (Å²) in [6, 6.07) is 0. The van der Waals surface area contributed by atoms with Gasteiger partial charge in [0.25, 0.3) is 5.91 Å². The normalized spacial score (nSPS) is 26.2. The highest BCUT2D eigenvalue weighted by atomic mass is 16.7. The zero-order chi connectivity index (χ0) is 9.97. The number of carbonyl (C=O) groups excluding carboxylic acids is 1. The van der Waals surface area contributed by atoms with Gasteiger partial charge in [-0.3, -0.25) is 15.1 Å². The molecule has 0 aromatic carbocycles. The van der Waals surface area contributed by atoms with Crippen molar-refractivity contribution in [1.29, 1.82) is 0 Å². The van der Waals surface area contributed by atoms with Crippen LogP contribution < -0.4 is 11.2 Å². The summed E-state index contributed by atoms with van der Waals surface area (Å²) in [7, 11) is 0. The maximum absolute atomic E-state index is 11.8. The van der Waals surface area contributed by atoms with E-state index >= 15 is 0 Å². The number of nitrogens with zero attached hydrogens (tertiary/aromatic N) is 1. The second-order valence-electron chi connectivity index (χ2n) is 3.57. The van der Waals surface area contributed by atoms with E-state index in [9.17, 15) is 4.79 Å². The van der Waals surface area contributed by atoms with Crippen LogP contribution >= 0.6 is 0 Å². The Labute approximate surface area is 82.8 Å². The highest BCUT2D eigenvalue weighted by Gasteiger charge is 2.26. The summed E-state index contributed by atoms with van der Waals surface area (Å²) in [6.45, 7) is 2.10. The van der Waals surface area contributed by atoms with Gasteiger partial charge in [0.1, 0.15) is 11.8 Å². The fourth-order valence-electron chi connectivity index (χ4n) is 1.71. The van der Waals surface area contributed by atoms with Gasteiger partial charge in [-0.25, -0.2) is 0 Å². The number of hydrogen-bond donors (Lipinski definition) is 2. The summed E-state index contributed by atoms with van der Waals surface area (Å²) < 4.78 is 0. The van der Waals surface area contributed by atoms with Crippen LogP contribution in [0.2, 0.25) is 0 Å². The molecule has 0 aliphatic carbocycles. The Hall–Kier alpha value is -1.07. The molecule has 5 nitrogen and oxygen atoms in total. The molecule has 1 fully saturated rings. The molecule has 5 heteroatoms. The number of amides is 1. The topological polar surface area (TPSA) is 67.6 Å². The predicted octanol–water partition coefficient (Wildman–Crippen LogP) is -0.645. The van der Waals surface area contributed by atoms with Crippen LogP contribution in [0.25, 0.3) is 0 Å². The van der Waals surface area contributed by atoms with Crippen LogP contribution in [-0.4, -0.2) is 36.5 Å². The Bertz CT molecular complexity index is 259. The molecule has 2 aliphatic rings. The van der Waals surface area contributed by atoms with Gasteiger partial charge in [0.05, 0.1) is 0 Å². The highest BCUT2D eigenvalue weighted by molar-refractivity contribution is 5.93. The largest absolute Gasteiger partial charge is 0.337 e. The molecule has 1 amide bonds. The lowest BCUT2D eigenvalue weighted by Gasteiger charge is -2.15. The molecule has 14 heavy (non-hydrogen) atoms. The number of likely N-dealkylation sites (tertiary alicyclic amines) is 1. The summed E-state index contributed by atoms with van der Waals surface area (Å²) in [4.78, 5) is 18.7. The summed E-state index contributed by atoms with van der Waals surface area (Å²) in [6.07, 6.45) is 3.78. The molecule has 2 rings (SSSR count). The zero-order valence-corrected chi connectivity index (χ0v) is 8.03. The van der Waals surface area contributed by atoms with Crippen molar-refractivity contribution < 1.29 is 9.63 Å².